The molecule has 1 atom stereocenters. The van der Waals surface area contributed by atoms with Gasteiger partial charge in [-0.2, -0.15) is 11.8 Å². The third-order valence-electron chi connectivity index (χ3n) is 3.03. The Bertz CT molecular complexity index is 229. The smallest absolute Gasteiger partial charge is 0.140 e. The van der Waals surface area contributed by atoms with Gasteiger partial charge in [-0.3, -0.25) is 0 Å². The molecule has 0 spiro atoms. The van der Waals surface area contributed by atoms with Gasteiger partial charge in [-0.05, 0) is 25.5 Å². The molecule has 4 N–H and O–H groups in total. The number of rotatable bonds is 7. The molecule has 1 saturated carbocycles. The van der Waals surface area contributed by atoms with Gasteiger partial charge < -0.3 is 16.3 Å². The molecular formula is C10H21N3OS. The van der Waals surface area contributed by atoms with E-state index in [1.807, 2.05) is 11.8 Å². The van der Waals surface area contributed by atoms with Crippen LogP contribution in [0.15, 0.2) is 5.16 Å². The van der Waals surface area contributed by atoms with Crippen LogP contribution >= 0.6 is 11.8 Å². The van der Waals surface area contributed by atoms with E-state index in [1.54, 1.807) is 0 Å². The third-order valence-corrected chi connectivity index (χ3v) is 4.45. The number of nitrogens with one attached hydrogen (secondary N) is 1. The SMILES string of the molecule is CCC(CC(N)=NO)NCC1(SC)CC1. The summed E-state index contributed by atoms with van der Waals surface area (Å²) in [5.74, 6) is 0.309. The highest BCUT2D eigenvalue weighted by atomic mass is 32.2. The summed E-state index contributed by atoms with van der Waals surface area (Å²) >= 11 is 1.94. The van der Waals surface area contributed by atoms with Crippen LogP contribution in [0.3, 0.4) is 0 Å². The third kappa shape index (κ3) is 3.91. The summed E-state index contributed by atoms with van der Waals surface area (Å²) < 4.78 is 0.471. The van der Waals surface area contributed by atoms with Crippen LogP contribution in [0.25, 0.3) is 0 Å². The summed E-state index contributed by atoms with van der Waals surface area (Å²) in [6, 6.07) is 0.325. The zero-order chi connectivity index (χ0) is 11.3. The Kier molecular flexibility index (Phi) is 4.73. The van der Waals surface area contributed by atoms with Gasteiger partial charge >= 0.3 is 0 Å². The lowest BCUT2D eigenvalue weighted by atomic mass is 10.1. The van der Waals surface area contributed by atoms with Crippen molar-refractivity contribution in [3.8, 4) is 0 Å². The van der Waals surface area contributed by atoms with Gasteiger partial charge in [0.2, 0.25) is 0 Å². The first-order valence-corrected chi connectivity index (χ1v) is 6.63. The first-order chi connectivity index (χ1) is 7.15. The number of oxime groups is 1. The Hall–Kier alpha value is -0.420. The van der Waals surface area contributed by atoms with Gasteiger partial charge in [0.25, 0.3) is 0 Å². The van der Waals surface area contributed by atoms with Crippen LogP contribution in [0.4, 0.5) is 0 Å². The van der Waals surface area contributed by atoms with Gasteiger partial charge in [0.1, 0.15) is 5.84 Å². The maximum atomic E-state index is 8.50. The number of thioether (sulfide) groups is 1. The van der Waals surface area contributed by atoms with E-state index in [4.69, 9.17) is 10.9 Å². The molecule has 0 bridgehead atoms. The van der Waals surface area contributed by atoms with Gasteiger partial charge in [0.05, 0.1) is 0 Å². The molecule has 0 amide bonds. The molecule has 1 fully saturated rings. The second kappa shape index (κ2) is 5.61. The first kappa shape index (κ1) is 12.6. The Morgan fingerprint density at radius 3 is 2.73 bits per heavy atom. The monoisotopic (exact) mass is 231 g/mol. The largest absolute Gasteiger partial charge is 0.409 e. The molecule has 0 saturated heterocycles. The minimum atomic E-state index is 0.309. The average molecular weight is 231 g/mol. The minimum Gasteiger partial charge on any atom is -0.409 e. The summed E-state index contributed by atoms with van der Waals surface area (Å²) in [5.41, 5.74) is 5.49. The fourth-order valence-electron chi connectivity index (χ4n) is 1.58. The van der Waals surface area contributed by atoms with Crippen molar-refractivity contribution in [3.05, 3.63) is 0 Å². The Balaban J connectivity index is 2.28. The second-order valence-electron chi connectivity index (χ2n) is 4.17. The summed E-state index contributed by atoms with van der Waals surface area (Å²) in [6.45, 7) is 3.15. The van der Waals surface area contributed by atoms with Crippen molar-refractivity contribution in [2.75, 3.05) is 12.8 Å². The second-order valence-corrected chi connectivity index (χ2v) is 5.44. The molecule has 4 nitrogen and oxygen atoms in total. The Morgan fingerprint density at radius 1 is 1.67 bits per heavy atom. The maximum Gasteiger partial charge on any atom is 0.140 e. The van der Waals surface area contributed by atoms with E-state index in [9.17, 15) is 0 Å². The number of nitrogens with zero attached hydrogens (tertiary/aromatic N) is 1. The van der Waals surface area contributed by atoms with E-state index in [1.165, 1.54) is 12.8 Å². The molecule has 15 heavy (non-hydrogen) atoms. The lowest BCUT2D eigenvalue weighted by molar-refractivity contribution is 0.315. The normalized spacial score (nSPS) is 21.3. The molecule has 1 aliphatic carbocycles. The number of nitrogens with two attached hydrogens (primary N) is 1. The Morgan fingerprint density at radius 2 is 2.33 bits per heavy atom. The highest BCUT2D eigenvalue weighted by Gasteiger charge is 2.41. The molecule has 5 heteroatoms. The first-order valence-electron chi connectivity index (χ1n) is 5.40. The van der Waals surface area contributed by atoms with Gasteiger partial charge in [0.15, 0.2) is 0 Å². The molecule has 1 unspecified atom stereocenters. The van der Waals surface area contributed by atoms with Gasteiger partial charge in [-0.1, -0.05) is 12.1 Å². The standard InChI is InChI=1S/C10H21N3OS/c1-3-8(6-9(11)13-14)12-7-10(15-2)4-5-10/h8,12,14H,3-7H2,1-2H3,(H2,11,13). The lowest BCUT2D eigenvalue weighted by Gasteiger charge is -2.20. The van der Waals surface area contributed by atoms with Crippen LogP contribution in [0.2, 0.25) is 0 Å². The number of hydrogen-bond acceptors (Lipinski definition) is 4. The zero-order valence-electron chi connectivity index (χ0n) is 9.49. The van der Waals surface area contributed by atoms with Crippen molar-refractivity contribution < 1.29 is 5.21 Å². The molecule has 1 rings (SSSR count). The molecule has 0 aliphatic heterocycles. The molecular weight excluding hydrogens is 210 g/mol. The van der Waals surface area contributed by atoms with Crippen LogP contribution in [-0.4, -0.2) is 34.6 Å². The molecule has 0 aromatic carbocycles. The molecule has 0 radical (unpaired) electrons. The van der Waals surface area contributed by atoms with Gasteiger partial charge in [-0.15, -0.1) is 0 Å². The topological polar surface area (TPSA) is 70.6 Å². The van der Waals surface area contributed by atoms with Crippen LogP contribution in [-0.2, 0) is 0 Å². The maximum absolute atomic E-state index is 8.50. The number of hydrogen-bond donors (Lipinski definition) is 3. The fourth-order valence-corrected chi connectivity index (χ4v) is 2.31. The highest BCUT2D eigenvalue weighted by molar-refractivity contribution is 8.00. The predicted octanol–water partition coefficient (Wildman–Crippen LogP) is 1.39. The molecule has 88 valence electrons. The highest BCUT2D eigenvalue weighted by Crippen LogP contribution is 2.46. The average Bonchev–Trinajstić information content (AvgIpc) is 3.04. The van der Waals surface area contributed by atoms with Crippen molar-refractivity contribution in [1.29, 1.82) is 0 Å². The van der Waals surface area contributed by atoms with Crippen molar-refractivity contribution >= 4 is 17.6 Å². The molecule has 0 aromatic heterocycles. The van der Waals surface area contributed by atoms with E-state index >= 15 is 0 Å². The molecule has 0 aromatic rings. The Labute approximate surface area is 95.7 Å². The van der Waals surface area contributed by atoms with Crippen molar-refractivity contribution in [2.24, 2.45) is 10.9 Å². The van der Waals surface area contributed by atoms with Crippen LogP contribution in [0.5, 0.6) is 0 Å². The minimum absolute atomic E-state index is 0.309. The fraction of sp³-hybridized carbons (Fsp3) is 0.900. The summed E-state index contributed by atoms with van der Waals surface area (Å²) in [6.07, 6.45) is 6.40. The molecule has 1 aliphatic rings. The van der Waals surface area contributed by atoms with Crippen molar-refractivity contribution in [1.82, 2.24) is 5.32 Å². The van der Waals surface area contributed by atoms with Crippen LogP contribution in [0, 0.1) is 0 Å². The predicted molar refractivity (Wildman–Crippen MR) is 65.6 cm³/mol. The quantitative estimate of drug-likeness (QED) is 0.268. The van der Waals surface area contributed by atoms with E-state index in [0.717, 1.165) is 13.0 Å². The van der Waals surface area contributed by atoms with Crippen molar-refractivity contribution in [3.63, 3.8) is 0 Å². The summed E-state index contributed by atoms with van der Waals surface area (Å²) in [5, 5.41) is 15.0. The summed E-state index contributed by atoms with van der Waals surface area (Å²) in [4.78, 5) is 0. The van der Waals surface area contributed by atoms with Crippen LogP contribution < -0.4 is 11.1 Å². The zero-order valence-corrected chi connectivity index (χ0v) is 10.3. The van der Waals surface area contributed by atoms with Crippen LogP contribution in [0.1, 0.15) is 32.6 Å². The van der Waals surface area contributed by atoms with Gasteiger partial charge in [0, 0.05) is 23.8 Å². The van der Waals surface area contributed by atoms with E-state index in [2.05, 4.69) is 23.7 Å². The summed E-state index contributed by atoms with van der Waals surface area (Å²) in [7, 11) is 0. The van der Waals surface area contributed by atoms with Crippen molar-refractivity contribution in [2.45, 2.75) is 43.4 Å². The van der Waals surface area contributed by atoms with E-state index in [-0.39, 0.29) is 0 Å². The number of amidine groups is 1. The lowest BCUT2D eigenvalue weighted by Crippen LogP contribution is -2.37. The van der Waals surface area contributed by atoms with Gasteiger partial charge in [-0.25, -0.2) is 0 Å². The van der Waals surface area contributed by atoms with E-state index in [0.29, 0.717) is 23.0 Å². The van der Waals surface area contributed by atoms with E-state index < -0.39 is 0 Å². The molecule has 0 heterocycles.